The molecule has 1 aromatic carbocycles. The van der Waals surface area contributed by atoms with Crippen LogP contribution in [0.3, 0.4) is 0 Å². The zero-order valence-corrected chi connectivity index (χ0v) is 16.7. The van der Waals surface area contributed by atoms with Crippen molar-refractivity contribution in [1.82, 2.24) is 15.5 Å². The molecule has 29 heavy (non-hydrogen) atoms. The summed E-state index contributed by atoms with van der Waals surface area (Å²) in [5.74, 6) is -0.532. The number of nitrogens with one attached hydrogen (secondary N) is 3. The molecule has 3 aliphatic heterocycles. The first-order chi connectivity index (χ1) is 14.0. The summed E-state index contributed by atoms with van der Waals surface area (Å²) in [6.07, 6.45) is 5.38. The van der Waals surface area contributed by atoms with E-state index in [4.69, 9.17) is 0 Å². The Morgan fingerprint density at radius 3 is 2.48 bits per heavy atom. The fourth-order valence-corrected chi connectivity index (χ4v) is 5.52. The number of piperidine rings is 2. The van der Waals surface area contributed by atoms with Crippen LogP contribution in [0.1, 0.15) is 50.0 Å². The van der Waals surface area contributed by atoms with Crippen molar-refractivity contribution in [2.75, 3.05) is 31.5 Å². The molecule has 4 fully saturated rings. The lowest BCUT2D eigenvalue weighted by molar-refractivity contribution is -0.133. The smallest absolute Gasteiger partial charge is 0.249 e. The van der Waals surface area contributed by atoms with Crippen LogP contribution in [0, 0.1) is 11.2 Å². The monoisotopic (exact) mass is 400 g/mol. The molecule has 1 unspecified atom stereocenters. The van der Waals surface area contributed by atoms with E-state index in [1.54, 1.807) is 0 Å². The number of anilines is 1. The number of amides is 2. The average Bonchev–Trinajstić information content (AvgIpc) is 2.63. The molecule has 4 aliphatic rings. The van der Waals surface area contributed by atoms with E-state index < -0.39 is 6.04 Å². The van der Waals surface area contributed by atoms with Gasteiger partial charge in [0.15, 0.2) is 0 Å². The molecule has 3 N–H and O–H groups in total. The second-order valence-corrected chi connectivity index (χ2v) is 9.36. The fourth-order valence-electron chi connectivity index (χ4n) is 5.52. The summed E-state index contributed by atoms with van der Waals surface area (Å²) < 4.78 is 14.8. The molecule has 7 heteroatoms. The van der Waals surface area contributed by atoms with Crippen LogP contribution in [0.2, 0.25) is 0 Å². The molecule has 156 valence electrons. The maximum absolute atomic E-state index is 14.8. The summed E-state index contributed by atoms with van der Waals surface area (Å²) >= 11 is 0. The number of carbonyl (C=O) groups excluding carboxylic acids is 2. The van der Waals surface area contributed by atoms with Crippen LogP contribution < -0.4 is 16.0 Å². The Balaban J connectivity index is 1.16. The summed E-state index contributed by atoms with van der Waals surface area (Å²) in [5.41, 5.74) is 1.97. The number of likely N-dealkylation sites (tertiary alicyclic amines) is 1. The molecule has 6 nitrogen and oxygen atoms in total. The van der Waals surface area contributed by atoms with Crippen molar-refractivity contribution in [3.8, 4) is 0 Å². The SMILES string of the molecule is O=C1CCC(Nc2ccc(C3CCN(C4CC5(CNC5)C4)CC3)c(F)c2)C(=O)N1. The second kappa shape index (κ2) is 7.36. The van der Waals surface area contributed by atoms with Crippen LogP contribution in [0.4, 0.5) is 10.1 Å². The maximum Gasteiger partial charge on any atom is 0.249 e. The van der Waals surface area contributed by atoms with Gasteiger partial charge in [-0.15, -0.1) is 0 Å². The van der Waals surface area contributed by atoms with Crippen molar-refractivity contribution in [1.29, 1.82) is 0 Å². The number of hydrogen-bond donors (Lipinski definition) is 3. The van der Waals surface area contributed by atoms with Crippen LogP contribution in [0.15, 0.2) is 18.2 Å². The molecule has 1 atom stereocenters. The van der Waals surface area contributed by atoms with Gasteiger partial charge in [0.25, 0.3) is 0 Å². The van der Waals surface area contributed by atoms with Crippen molar-refractivity contribution in [2.24, 2.45) is 5.41 Å². The van der Waals surface area contributed by atoms with Gasteiger partial charge < -0.3 is 15.5 Å². The summed E-state index contributed by atoms with van der Waals surface area (Å²) in [7, 11) is 0. The van der Waals surface area contributed by atoms with Gasteiger partial charge >= 0.3 is 0 Å². The standard InChI is InChI=1S/C22H29FN4O2/c23-18-9-15(25-19-3-4-20(28)26-21(19)29)1-2-17(18)14-5-7-27(8-6-14)16-10-22(11-16)12-24-13-22/h1-2,9,14,16,19,24-25H,3-8,10-13H2,(H,26,28,29). The molecule has 1 aromatic rings. The summed E-state index contributed by atoms with van der Waals surface area (Å²) in [4.78, 5) is 25.8. The predicted octanol–water partition coefficient (Wildman–Crippen LogP) is 1.97. The summed E-state index contributed by atoms with van der Waals surface area (Å²) in [6.45, 7) is 4.47. The average molecular weight is 400 g/mol. The molecule has 0 bridgehead atoms. The number of benzene rings is 1. The van der Waals surface area contributed by atoms with Gasteiger partial charge in [-0.2, -0.15) is 0 Å². The third-order valence-electron chi connectivity index (χ3n) is 7.40. The van der Waals surface area contributed by atoms with Crippen LogP contribution in [-0.2, 0) is 9.59 Å². The van der Waals surface area contributed by atoms with E-state index in [1.807, 2.05) is 12.1 Å². The van der Waals surface area contributed by atoms with Gasteiger partial charge in [-0.1, -0.05) is 6.07 Å². The van der Waals surface area contributed by atoms with Gasteiger partial charge in [0.2, 0.25) is 11.8 Å². The normalized spacial score (nSPS) is 28.0. The highest BCUT2D eigenvalue weighted by atomic mass is 19.1. The van der Waals surface area contributed by atoms with E-state index in [2.05, 4.69) is 20.9 Å². The number of hydrogen-bond acceptors (Lipinski definition) is 5. The molecule has 1 spiro atoms. The Morgan fingerprint density at radius 1 is 1.10 bits per heavy atom. The number of halogens is 1. The lowest BCUT2D eigenvalue weighted by Gasteiger charge is -2.58. The van der Waals surface area contributed by atoms with Crippen molar-refractivity contribution >= 4 is 17.5 Å². The summed E-state index contributed by atoms with van der Waals surface area (Å²) in [6, 6.07) is 5.45. The first-order valence-corrected chi connectivity index (χ1v) is 10.9. The molecular formula is C22H29FN4O2. The Kier molecular flexibility index (Phi) is 4.82. The first-order valence-electron chi connectivity index (χ1n) is 10.9. The molecule has 3 saturated heterocycles. The van der Waals surface area contributed by atoms with Crippen LogP contribution in [-0.4, -0.2) is 55.0 Å². The van der Waals surface area contributed by atoms with Crippen LogP contribution in [0.25, 0.3) is 0 Å². The number of rotatable bonds is 4. The minimum atomic E-state index is -0.488. The molecular weight excluding hydrogens is 371 g/mol. The van der Waals surface area contributed by atoms with Crippen molar-refractivity contribution in [2.45, 2.75) is 56.5 Å². The van der Waals surface area contributed by atoms with E-state index in [9.17, 15) is 14.0 Å². The van der Waals surface area contributed by atoms with E-state index in [0.29, 0.717) is 23.9 Å². The van der Waals surface area contributed by atoms with Gasteiger partial charge in [-0.05, 0) is 74.2 Å². The summed E-state index contributed by atoms with van der Waals surface area (Å²) in [5, 5.41) is 8.77. The molecule has 1 saturated carbocycles. The van der Waals surface area contributed by atoms with Gasteiger partial charge in [0.1, 0.15) is 11.9 Å². The minimum Gasteiger partial charge on any atom is -0.374 e. The zero-order chi connectivity index (χ0) is 20.0. The van der Waals surface area contributed by atoms with Gasteiger partial charge in [-0.25, -0.2) is 4.39 Å². The maximum atomic E-state index is 14.8. The Morgan fingerprint density at radius 2 is 1.86 bits per heavy atom. The van der Waals surface area contributed by atoms with Crippen molar-refractivity contribution in [3.63, 3.8) is 0 Å². The highest BCUT2D eigenvalue weighted by Gasteiger charge is 2.50. The van der Waals surface area contributed by atoms with Crippen molar-refractivity contribution in [3.05, 3.63) is 29.6 Å². The third-order valence-corrected chi connectivity index (χ3v) is 7.40. The predicted molar refractivity (Wildman–Crippen MR) is 108 cm³/mol. The largest absolute Gasteiger partial charge is 0.374 e. The highest BCUT2D eigenvalue weighted by Crippen LogP contribution is 2.47. The highest BCUT2D eigenvalue weighted by molar-refractivity contribution is 6.01. The molecule has 3 heterocycles. The minimum absolute atomic E-state index is 0.205. The quantitative estimate of drug-likeness (QED) is 0.674. The number of carbonyl (C=O) groups is 2. The second-order valence-electron chi connectivity index (χ2n) is 9.36. The van der Waals surface area contributed by atoms with Gasteiger partial charge in [-0.3, -0.25) is 14.9 Å². The molecule has 5 rings (SSSR count). The Hall–Kier alpha value is -1.99. The molecule has 1 aliphatic carbocycles. The van der Waals surface area contributed by atoms with Crippen LogP contribution >= 0.6 is 0 Å². The molecule has 2 amide bonds. The third kappa shape index (κ3) is 3.66. The molecule has 0 radical (unpaired) electrons. The molecule has 0 aromatic heterocycles. The first kappa shape index (κ1) is 19.0. The van der Waals surface area contributed by atoms with Crippen LogP contribution in [0.5, 0.6) is 0 Å². The van der Waals surface area contributed by atoms with E-state index >= 15 is 0 Å². The Bertz CT molecular complexity index is 809. The zero-order valence-electron chi connectivity index (χ0n) is 16.7. The number of imide groups is 1. The topological polar surface area (TPSA) is 73.5 Å². The van der Waals surface area contributed by atoms with Gasteiger partial charge in [0, 0.05) is 31.2 Å². The lowest BCUT2D eigenvalue weighted by Crippen LogP contribution is -2.65. The van der Waals surface area contributed by atoms with E-state index in [-0.39, 0.29) is 23.5 Å². The lowest BCUT2D eigenvalue weighted by atomic mass is 9.61. The fraction of sp³-hybridized carbons (Fsp3) is 0.636. The van der Waals surface area contributed by atoms with Crippen molar-refractivity contribution < 1.29 is 14.0 Å². The van der Waals surface area contributed by atoms with E-state index in [1.165, 1.54) is 32.0 Å². The Labute approximate surface area is 170 Å². The van der Waals surface area contributed by atoms with Gasteiger partial charge in [0.05, 0.1) is 0 Å². The number of nitrogens with zero attached hydrogens (tertiary/aromatic N) is 1. The van der Waals surface area contributed by atoms with E-state index in [0.717, 1.165) is 37.5 Å².